The van der Waals surface area contributed by atoms with Crippen molar-refractivity contribution in [3.05, 3.63) is 43.2 Å². The number of carboxylic acids is 1. The molecule has 9 fully saturated rings. The Morgan fingerprint density at radius 3 is 1.26 bits per heavy atom. The number of aliphatic carboxylic acids is 1. The minimum Gasteiger partial charge on any atom is -0.544 e. The minimum atomic E-state index is -2.36. The van der Waals surface area contributed by atoms with Gasteiger partial charge in [0.2, 0.25) is 23.4 Å². The monoisotopic (exact) mass is 1610 g/mol. The molecule has 12 rings (SSSR count). The number of carbonyl (C=O) groups is 12. The Morgan fingerprint density at radius 2 is 0.907 bits per heavy atom. The van der Waals surface area contributed by atoms with Gasteiger partial charge < -0.3 is 84.3 Å². The fourth-order valence-electron chi connectivity index (χ4n) is 12.8. The van der Waals surface area contributed by atoms with Crippen molar-refractivity contribution in [3.8, 4) is 0 Å². The largest absolute Gasteiger partial charge is 1.00 e. The Bertz CT molecular complexity index is 4250. The van der Waals surface area contributed by atoms with E-state index in [1.165, 1.54) is 60.6 Å². The van der Waals surface area contributed by atoms with Crippen LogP contribution in [0.5, 0.6) is 0 Å². The molecule has 0 aromatic carbocycles. The third-order valence-electron chi connectivity index (χ3n) is 18.6. The second-order valence-corrected chi connectivity index (χ2v) is 33.5. The molecule has 39 nitrogen and oxygen atoms in total. The molecule has 3 aromatic rings. The van der Waals surface area contributed by atoms with Crippen LogP contribution in [-0.2, 0) is 117 Å². The number of ketones is 3. The first-order chi connectivity index (χ1) is 50.1. The van der Waals surface area contributed by atoms with Crippen molar-refractivity contribution in [1.29, 1.82) is 0 Å². The number of ether oxygens (including phenoxy) is 3. The maximum Gasteiger partial charge on any atom is 1.00 e. The summed E-state index contributed by atoms with van der Waals surface area (Å²) in [7, 11) is 6.62. The summed E-state index contributed by atoms with van der Waals surface area (Å²) in [5.41, 5.74) is -5.63. The first-order valence-corrected chi connectivity index (χ1v) is 38.2. The Morgan fingerprint density at radius 1 is 0.570 bits per heavy atom. The number of oxime groups is 3. The molecule has 14 atom stereocenters. The van der Waals surface area contributed by atoms with Gasteiger partial charge >= 0.3 is 75.5 Å². The molecule has 568 valence electrons. The number of aryl methyl sites for hydroxylation is 2. The average molecular weight is 1620 g/mol. The summed E-state index contributed by atoms with van der Waals surface area (Å²) in [5, 5.41) is 83.1. The molecule has 4 radical (unpaired) electrons. The quantitative estimate of drug-likeness (QED) is 0.00931. The number of amides is 3. The maximum atomic E-state index is 13.3. The number of aliphatic hydroxyl groups excluding tert-OH is 6. The molecular weight excluding hydrogens is 1550 g/mol. The van der Waals surface area contributed by atoms with Crippen molar-refractivity contribution < 1.29 is 169 Å². The van der Waals surface area contributed by atoms with Crippen LogP contribution >= 0.6 is 45.8 Å². The molecule has 0 bridgehead atoms. The fraction of sp³-hybridized carbons (Fsp3) is 0.593. The number of nitrogen functional groups attached to an aromatic ring is 1. The fourth-order valence-corrected chi connectivity index (χ4v) is 20.2. The normalized spacial score (nSPS) is 29.1. The van der Waals surface area contributed by atoms with Crippen molar-refractivity contribution in [3.63, 3.8) is 0 Å². The van der Waals surface area contributed by atoms with Gasteiger partial charge in [0.05, 0.1) is 98.0 Å². The zero-order valence-corrected chi connectivity index (χ0v) is 64.2. The molecule has 0 aliphatic carbocycles. The van der Waals surface area contributed by atoms with Gasteiger partial charge in [-0.2, -0.15) is 0 Å². The van der Waals surface area contributed by atoms with Crippen LogP contribution in [0.15, 0.2) is 31.6 Å². The number of hydrogen-bond donors (Lipinski definition) is 7. The summed E-state index contributed by atoms with van der Waals surface area (Å²) in [4.78, 5) is 183. The maximum absolute atomic E-state index is 13.3. The second-order valence-electron chi connectivity index (χ2n) is 26.2. The molecule has 0 unspecified atom stereocenters. The number of nitrogens with two attached hydrogens (primary N) is 1. The molecule has 3 aromatic heterocycles. The first kappa shape index (κ1) is 83.9. The molecule has 9 saturated heterocycles. The van der Waals surface area contributed by atoms with Gasteiger partial charge in [-0.05, 0) is 34.6 Å². The van der Waals surface area contributed by atoms with Gasteiger partial charge in [-0.25, -0.2) is 24.5 Å². The number of esters is 3. The van der Waals surface area contributed by atoms with Crippen molar-refractivity contribution in [1.82, 2.24) is 29.7 Å². The Kier molecular flexibility index (Phi) is 25.7. The summed E-state index contributed by atoms with van der Waals surface area (Å²) >= 11 is 4.84. The second kappa shape index (κ2) is 32.8. The third kappa shape index (κ3) is 15.4. The number of carboxylic acid groups (broad SMARTS) is 1. The Balaban J connectivity index is 0.000000185. The number of hydrogen-bond acceptors (Lipinski definition) is 40. The molecule has 48 heteroatoms. The Labute approximate surface area is 651 Å². The van der Waals surface area contributed by atoms with Crippen LogP contribution in [0, 0.1) is 49.4 Å². The van der Waals surface area contributed by atoms with Gasteiger partial charge in [-0.3, -0.25) is 66.3 Å². The van der Waals surface area contributed by atoms with Crippen LogP contribution < -0.4 is 40.4 Å². The van der Waals surface area contributed by atoms with Crippen LogP contribution in [0.1, 0.15) is 86.4 Å². The molecule has 0 spiro atoms. The number of Topliss-reactive ketones (excluding diaryl/α,β-unsaturated/α-hetero) is 3. The first-order valence-electron chi connectivity index (χ1n) is 31.7. The molecular formula is C59H65B2N10NaO29S6. The van der Waals surface area contributed by atoms with Crippen LogP contribution in [0.25, 0.3) is 0 Å². The van der Waals surface area contributed by atoms with E-state index < -0.39 is 231 Å². The number of carbonyl (C=O) groups excluding carboxylic acids is 12. The summed E-state index contributed by atoms with van der Waals surface area (Å²) in [5.74, 6) is -16.2. The topological polar surface area (TPSA) is 569 Å². The minimum absolute atomic E-state index is 0. The van der Waals surface area contributed by atoms with E-state index in [-0.39, 0.29) is 106 Å². The van der Waals surface area contributed by atoms with Gasteiger partial charge in [-0.1, -0.05) is 15.5 Å². The number of rotatable bonds is 27. The number of aliphatic hydroxyl groups is 6. The zero-order valence-electron chi connectivity index (χ0n) is 57.3. The van der Waals surface area contributed by atoms with Gasteiger partial charge in [-0.15, -0.1) is 45.8 Å². The van der Waals surface area contributed by atoms with Gasteiger partial charge in [0.1, 0.15) is 33.8 Å². The van der Waals surface area contributed by atoms with E-state index in [4.69, 9.17) is 50.6 Å². The van der Waals surface area contributed by atoms with Gasteiger partial charge in [0, 0.05) is 86.1 Å². The number of nitrogens with zero attached hydrogens (tertiary/aromatic N) is 9. The predicted molar refractivity (Wildman–Crippen MR) is 360 cm³/mol. The van der Waals surface area contributed by atoms with Crippen LogP contribution in [-0.4, -0.2) is 280 Å². The molecule has 0 saturated carbocycles. The van der Waals surface area contributed by atoms with Crippen molar-refractivity contribution in [2.45, 2.75) is 123 Å². The SMILES string of the molecule is CC(CO)(CO)O/N=C(\C(=O)C[C@@H]1C(=O)N2[C@@H]1[S@@](=O)C[C@@H]1CC(=O)O[C@@]12C(=O)[O-])c1csc(N)n1.[B]OC(=O)[C@]12OC(=O)C[C@H]1CS[C@@H]1[C@H](CC(=O)/C(=N\OC(C)(CO)CO)c3csc(C)n3)C(=O)N12.[B]OC(=O)[C@]12OC(=O)C[C@H]1C[S@](=O)[C@@H]1[C@H](CC(=O)/C(=N\OC(C)(CO)CO)c3csc(C)n3)C(=O)N12.[Na+]. The average Bonchev–Trinajstić information content (AvgIpc) is 1.68. The number of anilines is 1. The van der Waals surface area contributed by atoms with Gasteiger partial charge in [0.25, 0.3) is 11.4 Å². The third-order valence-corrected chi connectivity index (χ3v) is 26.0. The Hall–Kier alpha value is -7.12. The van der Waals surface area contributed by atoms with Crippen LogP contribution in [0.4, 0.5) is 5.13 Å². The van der Waals surface area contributed by atoms with Crippen LogP contribution in [0.2, 0.25) is 0 Å². The summed E-state index contributed by atoms with van der Waals surface area (Å²) in [6.45, 7) is 4.00. The van der Waals surface area contributed by atoms with E-state index >= 15 is 0 Å². The van der Waals surface area contributed by atoms with Crippen molar-refractivity contribution in [2.24, 2.45) is 51.0 Å². The molecule has 9 aliphatic rings. The molecule has 12 heterocycles. The summed E-state index contributed by atoms with van der Waals surface area (Å²) < 4.78 is 50.1. The molecule has 3 amide bonds. The molecule has 9 aliphatic heterocycles. The number of β-lactam (4-membered cyclic amide) rings is 3. The van der Waals surface area contributed by atoms with Crippen LogP contribution in [0.3, 0.4) is 0 Å². The van der Waals surface area contributed by atoms with E-state index in [9.17, 15) is 102 Å². The van der Waals surface area contributed by atoms with Crippen molar-refractivity contribution >= 4 is 177 Å². The van der Waals surface area contributed by atoms with Gasteiger partial charge in [0.15, 0.2) is 56.4 Å². The van der Waals surface area contributed by atoms with E-state index in [0.29, 0.717) is 15.8 Å². The standard InChI is InChI=1S/C20H22BN3O10S2.C20H22BN3O9S2.C19H22N4O10S2.Na/c1-9-22-12(5-35-9)15(23-34-19(2,7-25)8-26)13(27)4-11-16(29)24-17(11)36(31)6-10-3-14(28)32-20(10,24)18(30)33-21;1-9-22-12(6-34-9)15(23-33-19(2,7-25)8-26)13(27)4-11-16(29)24-17(11)35-5-10-3-14(28)31-20(10,24)18(30)32-21;1-18(6-24,7-25)33-22-13(10-4-34-17(20)21-10)11(26)3-9-14(28)23-15(9)35(31)5-8-2-12(27)32-19(8,23)16(29)30;/h5,10-11,17,25-26H,3-4,6-8H2,1-2H3;6,10-11,17,25-26H,3-5,7-8H2,1-2H3;4,8-9,15,24-25H,2-3,5-7H2,1H3,(H2,20,21)(H,29,30);/q;;;+1/p-1/b2*23-15-;22-13-;/t10-,11+,17+,20+,36-;10-,11+,17+,20+;8-,9+,15+,19+,35-;/m000./s1. The van der Waals surface area contributed by atoms with E-state index in [1.807, 2.05) is 0 Å². The summed E-state index contributed by atoms with van der Waals surface area (Å²) in [6.07, 6.45) is -1.92. The smallest absolute Gasteiger partial charge is 0.544 e. The summed E-state index contributed by atoms with van der Waals surface area (Å²) in [6, 6.07) is 0. The zero-order chi connectivity index (χ0) is 77.7. The van der Waals surface area contributed by atoms with Crippen molar-refractivity contribution in [2.75, 3.05) is 62.6 Å². The van der Waals surface area contributed by atoms with E-state index in [1.54, 1.807) is 24.6 Å². The number of fused-ring (bicyclic) bond motifs is 9. The van der Waals surface area contributed by atoms with E-state index in [0.717, 1.165) is 26.0 Å². The number of aromatic nitrogens is 3. The van der Waals surface area contributed by atoms with E-state index in [2.05, 4.69) is 39.7 Å². The number of thioether (sulfide) groups is 1. The molecule has 107 heavy (non-hydrogen) atoms. The molecule has 8 N–H and O–H groups in total. The number of thiazole rings is 3. The predicted octanol–water partition coefficient (Wildman–Crippen LogP) is -8.69.